The van der Waals surface area contributed by atoms with Crippen molar-refractivity contribution in [2.75, 3.05) is 23.8 Å². The molecule has 0 spiro atoms. The minimum absolute atomic E-state index is 0.133. The first-order valence-corrected chi connectivity index (χ1v) is 10.0. The van der Waals surface area contributed by atoms with Crippen molar-refractivity contribution >= 4 is 27.5 Å². The molecule has 0 bridgehead atoms. The van der Waals surface area contributed by atoms with Crippen LogP contribution in [-0.2, 0) is 10.0 Å². The second-order valence-electron chi connectivity index (χ2n) is 5.84. The van der Waals surface area contributed by atoms with Crippen LogP contribution in [0.4, 0.5) is 5.69 Å². The molecular weight excluding hydrogens is 304 g/mol. The Morgan fingerprint density at radius 1 is 1.33 bits per heavy atom. The predicted molar refractivity (Wildman–Crippen MR) is 89.9 cm³/mol. The van der Waals surface area contributed by atoms with E-state index in [-0.39, 0.29) is 5.75 Å². The fourth-order valence-corrected chi connectivity index (χ4v) is 5.18. The topological polar surface area (TPSA) is 72.2 Å². The molecule has 1 aromatic carbocycles. The Kier molecular flexibility index (Phi) is 5.96. The Morgan fingerprint density at radius 3 is 2.76 bits per heavy atom. The molecule has 2 atom stereocenters. The average molecular weight is 329 g/mol. The summed E-state index contributed by atoms with van der Waals surface area (Å²) in [5.74, 6) is 1.89. The van der Waals surface area contributed by atoms with Gasteiger partial charge in [-0.25, -0.2) is 13.1 Å². The molecule has 0 aromatic heterocycles. The summed E-state index contributed by atoms with van der Waals surface area (Å²) in [6.07, 6.45) is 3.49. The highest BCUT2D eigenvalue weighted by atomic mass is 32.2. The monoisotopic (exact) mass is 328 g/mol. The molecule has 1 aliphatic rings. The first-order valence-electron chi connectivity index (χ1n) is 7.41. The van der Waals surface area contributed by atoms with Crippen LogP contribution in [-0.4, -0.2) is 26.5 Å². The fourth-order valence-electron chi connectivity index (χ4n) is 2.70. The Hall–Kier alpha value is -0.720. The van der Waals surface area contributed by atoms with E-state index in [0.29, 0.717) is 23.9 Å². The molecule has 1 aromatic rings. The molecule has 0 heterocycles. The molecule has 0 amide bonds. The number of hydrogen-bond donors (Lipinski definition) is 2. The van der Waals surface area contributed by atoms with Gasteiger partial charge in [-0.05, 0) is 36.8 Å². The molecule has 4 nitrogen and oxygen atoms in total. The SMILES string of the molecule is CC1CCC(CNS(=O)(=O)CCSc2ccccc2N)C1. The van der Waals surface area contributed by atoms with Gasteiger partial charge in [0.15, 0.2) is 0 Å². The standard InChI is InChI=1S/C15H24N2O2S2/c1-12-6-7-13(10-12)11-17-21(18,19)9-8-20-15-5-3-2-4-14(15)16/h2-5,12-13,17H,6-11,16H2,1H3. The minimum Gasteiger partial charge on any atom is -0.398 e. The molecule has 118 valence electrons. The lowest BCUT2D eigenvalue weighted by atomic mass is 10.1. The summed E-state index contributed by atoms with van der Waals surface area (Å²) in [4.78, 5) is 0.942. The molecule has 2 unspecified atom stereocenters. The Morgan fingerprint density at radius 2 is 2.10 bits per heavy atom. The average Bonchev–Trinajstić information content (AvgIpc) is 2.85. The molecule has 1 saturated carbocycles. The predicted octanol–water partition coefficient (Wildman–Crippen LogP) is 2.72. The number of hydrogen-bond acceptors (Lipinski definition) is 4. The molecule has 3 N–H and O–H groups in total. The van der Waals surface area contributed by atoms with Crippen LogP contribution >= 0.6 is 11.8 Å². The number of nitrogens with one attached hydrogen (secondary N) is 1. The molecule has 0 aliphatic heterocycles. The smallest absolute Gasteiger partial charge is 0.212 e. The van der Waals surface area contributed by atoms with Gasteiger partial charge >= 0.3 is 0 Å². The van der Waals surface area contributed by atoms with Gasteiger partial charge in [-0.15, -0.1) is 11.8 Å². The third-order valence-electron chi connectivity index (χ3n) is 3.92. The number of nitrogen functional groups attached to an aromatic ring is 1. The lowest BCUT2D eigenvalue weighted by Gasteiger charge is -2.12. The van der Waals surface area contributed by atoms with Gasteiger partial charge in [-0.3, -0.25) is 0 Å². The van der Waals surface area contributed by atoms with Crippen molar-refractivity contribution in [2.45, 2.75) is 31.1 Å². The number of nitrogens with two attached hydrogens (primary N) is 1. The van der Waals surface area contributed by atoms with E-state index in [1.54, 1.807) is 0 Å². The highest BCUT2D eigenvalue weighted by molar-refractivity contribution is 8.00. The minimum atomic E-state index is -3.18. The van der Waals surface area contributed by atoms with E-state index in [2.05, 4.69) is 11.6 Å². The quantitative estimate of drug-likeness (QED) is 0.596. The van der Waals surface area contributed by atoms with Crippen LogP contribution in [0.5, 0.6) is 0 Å². The van der Waals surface area contributed by atoms with Crippen molar-refractivity contribution in [3.8, 4) is 0 Å². The largest absolute Gasteiger partial charge is 0.398 e. The zero-order valence-corrected chi connectivity index (χ0v) is 14.1. The maximum absolute atomic E-state index is 12.0. The van der Waals surface area contributed by atoms with Crippen molar-refractivity contribution in [1.29, 1.82) is 0 Å². The highest BCUT2D eigenvalue weighted by Gasteiger charge is 2.22. The number of para-hydroxylation sites is 1. The molecule has 1 fully saturated rings. The molecule has 21 heavy (non-hydrogen) atoms. The van der Waals surface area contributed by atoms with E-state index < -0.39 is 10.0 Å². The van der Waals surface area contributed by atoms with Crippen molar-refractivity contribution in [1.82, 2.24) is 4.72 Å². The third kappa shape index (κ3) is 5.52. The molecule has 2 rings (SSSR count). The lowest BCUT2D eigenvalue weighted by molar-refractivity contribution is 0.499. The van der Waals surface area contributed by atoms with Gasteiger partial charge in [0.05, 0.1) is 5.75 Å². The summed E-state index contributed by atoms with van der Waals surface area (Å²) in [6, 6.07) is 7.53. The van der Waals surface area contributed by atoms with E-state index in [4.69, 9.17) is 5.73 Å². The van der Waals surface area contributed by atoms with Crippen LogP contribution in [0.1, 0.15) is 26.2 Å². The first kappa shape index (κ1) is 16.6. The number of thioether (sulfide) groups is 1. The lowest BCUT2D eigenvalue weighted by Crippen LogP contribution is -2.31. The van der Waals surface area contributed by atoms with Crippen LogP contribution in [0.25, 0.3) is 0 Å². The van der Waals surface area contributed by atoms with Crippen LogP contribution in [0.2, 0.25) is 0 Å². The first-order chi connectivity index (χ1) is 9.96. The summed E-state index contributed by atoms with van der Waals surface area (Å²) in [5.41, 5.74) is 6.54. The Balaban J connectivity index is 1.73. The van der Waals surface area contributed by atoms with Crippen molar-refractivity contribution in [3.05, 3.63) is 24.3 Å². The second kappa shape index (κ2) is 7.51. The fraction of sp³-hybridized carbons (Fsp3) is 0.600. The summed E-state index contributed by atoms with van der Waals surface area (Å²) in [6.45, 7) is 2.82. The molecule has 0 radical (unpaired) electrons. The van der Waals surface area contributed by atoms with Gasteiger partial charge in [0.25, 0.3) is 0 Å². The number of sulfonamides is 1. The van der Waals surface area contributed by atoms with Gasteiger partial charge < -0.3 is 5.73 Å². The van der Waals surface area contributed by atoms with Crippen LogP contribution in [0.3, 0.4) is 0 Å². The number of rotatable bonds is 7. The van der Waals surface area contributed by atoms with E-state index in [1.165, 1.54) is 18.2 Å². The van der Waals surface area contributed by atoms with Crippen LogP contribution in [0.15, 0.2) is 29.2 Å². The van der Waals surface area contributed by atoms with Crippen molar-refractivity contribution < 1.29 is 8.42 Å². The van der Waals surface area contributed by atoms with E-state index >= 15 is 0 Å². The van der Waals surface area contributed by atoms with Gasteiger partial charge in [0.2, 0.25) is 10.0 Å². The van der Waals surface area contributed by atoms with Gasteiger partial charge in [-0.1, -0.05) is 25.5 Å². The maximum Gasteiger partial charge on any atom is 0.212 e. The van der Waals surface area contributed by atoms with Crippen LogP contribution < -0.4 is 10.5 Å². The molecule has 0 saturated heterocycles. The van der Waals surface area contributed by atoms with E-state index in [1.807, 2.05) is 24.3 Å². The summed E-state index contributed by atoms with van der Waals surface area (Å²) < 4.78 is 26.7. The third-order valence-corrected chi connectivity index (χ3v) is 6.62. The van der Waals surface area contributed by atoms with Gasteiger partial charge in [0.1, 0.15) is 0 Å². The maximum atomic E-state index is 12.0. The normalized spacial score (nSPS) is 22.5. The highest BCUT2D eigenvalue weighted by Crippen LogP contribution is 2.29. The van der Waals surface area contributed by atoms with Crippen LogP contribution in [0, 0.1) is 11.8 Å². The summed E-state index contributed by atoms with van der Waals surface area (Å²) in [5, 5.41) is 0. The van der Waals surface area contributed by atoms with E-state index in [0.717, 1.165) is 23.7 Å². The summed E-state index contributed by atoms with van der Waals surface area (Å²) in [7, 11) is -3.18. The number of anilines is 1. The van der Waals surface area contributed by atoms with Crippen molar-refractivity contribution in [3.63, 3.8) is 0 Å². The molecule has 6 heteroatoms. The zero-order valence-electron chi connectivity index (χ0n) is 12.4. The van der Waals surface area contributed by atoms with Gasteiger partial charge in [-0.2, -0.15) is 0 Å². The van der Waals surface area contributed by atoms with E-state index in [9.17, 15) is 8.42 Å². The Labute approximate surface area is 131 Å². The van der Waals surface area contributed by atoms with Gasteiger partial charge in [0, 0.05) is 22.9 Å². The Bertz CT molecular complexity index is 561. The zero-order chi connectivity index (χ0) is 15.3. The molecular formula is C15H24N2O2S2. The number of benzene rings is 1. The van der Waals surface area contributed by atoms with Crippen molar-refractivity contribution in [2.24, 2.45) is 11.8 Å². The molecule has 1 aliphatic carbocycles. The summed E-state index contributed by atoms with van der Waals surface area (Å²) >= 11 is 1.49. The second-order valence-corrected chi connectivity index (χ2v) is 8.90.